The Bertz CT molecular complexity index is 220. The zero-order valence-corrected chi connectivity index (χ0v) is 9.50. The van der Waals surface area contributed by atoms with Crippen molar-refractivity contribution in [2.45, 2.75) is 39.3 Å². The smallest absolute Gasteiger partial charge is 0.317 e. The fourth-order valence-corrected chi connectivity index (χ4v) is 1.62. The molecule has 1 aliphatic rings. The average Bonchev–Trinajstić information content (AvgIpc) is 2.29. The van der Waals surface area contributed by atoms with E-state index < -0.39 is 0 Å². The van der Waals surface area contributed by atoms with Crippen LogP contribution in [0.4, 0.5) is 4.79 Å². The number of nitrogens with one attached hydrogen (secondary N) is 1. The van der Waals surface area contributed by atoms with Gasteiger partial charge in [-0.05, 0) is 19.8 Å². The summed E-state index contributed by atoms with van der Waals surface area (Å²) in [6.45, 7) is 9.48. The van der Waals surface area contributed by atoms with Crippen LogP contribution in [0.5, 0.6) is 0 Å². The van der Waals surface area contributed by atoms with Crippen LogP contribution < -0.4 is 11.1 Å². The summed E-state index contributed by atoms with van der Waals surface area (Å²) in [6, 6.07) is 0.284. The Morgan fingerprint density at radius 3 is 2.57 bits per heavy atom. The fraction of sp³-hybridized carbons (Fsp3) is 0.900. The first-order valence-electron chi connectivity index (χ1n) is 5.14. The summed E-state index contributed by atoms with van der Waals surface area (Å²) in [5.41, 5.74) is 5.56. The van der Waals surface area contributed by atoms with E-state index in [-0.39, 0.29) is 17.6 Å². The molecule has 4 heteroatoms. The third-order valence-electron chi connectivity index (χ3n) is 2.42. The number of hydrogen-bond acceptors (Lipinski definition) is 2. The molecule has 4 nitrogen and oxygen atoms in total. The minimum absolute atomic E-state index is 0.0159. The number of rotatable bonds is 3. The third-order valence-corrected chi connectivity index (χ3v) is 2.42. The SMILES string of the molecule is CC(C)C1CN(CC(C)(C)N)C(=O)N1. The molecule has 1 fully saturated rings. The van der Waals surface area contributed by atoms with Crippen molar-refractivity contribution in [3.8, 4) is 0 Å². The van der Waals surface area contributed by atoms with Crippen molar-refractivity contribution >= 4 is 6.03 Å². The van der Waals surface area contributed by atoms with Gasteiger partial charge >= 0.3 is 6.03 Å². The number of hydrogen-bond donors (Lipinski definition) is 2. The molecule has 0 radical (unpaired) electrons. The van der Waals surface area contributed by atoms with E-state index in [4.69, 9.17) is 5.73 Å². The first-order valence-corrected chi connectivity index (χ1v) is 5.14. The topological polar surface area (TPSA) is 58.4 Å². The Labute approximate surface area is 85.8 Å². The summed E-state index contributed by atoms with van der Waals surface area (Å²) in [5.74, 6) is 0.477. The van der Waals surface area contributed by atoms with Gasteiger partial charge in [-0.2, -0.15) is 0 Å². The van der Waals surface area contributed by atoms with E-state index >= 15 is 0 Å². The van der Waals surface area contributed by atoms with Gasteiger partial charge in [0.25, 0.3) is 0 Å². The van der Waals surface area contributed by atoms with Crippen LogP contribution in [0.15, 0.2) is 0 Å². The van der Waals surface area contributed by atoms with Crippen LogP contribution in [0.3, 0.4) is 0 Å². The van der Waals surface area contributed by atoms with Crippen molar-refractivity contribution in [2.75, 3.05) is 13.1 Å². The lowest BCUT2D eigenvalue weighted by Gasteiger charge is -2.25. The second-order valence-corrected chi connectivity index (χ2v) is 5.17. The Hall–Kier alpha value is -0.770. The van der Waals surface area contributed by atoms with Crippen molar-refractivity contribution < 1.29 is 4.79 Å². The highest BCUT2D eigenvalue weighted by atomic mass is 16.2. The van der Waals surface area contributed by atoms with Crippen molar-refractivity contribution in [3.05, 3.63) is 0 Å². The number of nitrogens with two attached hydrogens (primary N) is 1. The third kappa shape index (κ3) is 2.87. The Kier molecular flexibility index (Phi) is 3.04. The summed E-state index contributed by atoms with van der Waals surface area (Å²) < 4.78 is 0. The van der Waals surface area contributed by atoms with E-state index in [0.717, 1.165) is 6.54 Å². The van der Waals surface area contributed by atoms with Gasteiger partial charge in [0.15, 0.2) is 0 Å². The standard InChI is InChI=1S/C10H21N3O/c1-7(2)8-5-13(9(14)12-8)6-10(3,4)11/h7-8H,5-6,11H2,1-4H3,(H,12,14). The van der Waals surface area contributed by atoms with Crippen molar-refractivity contribution in [3.63, 3.8) is 0 Å². The lowest BCUT2D eigenvalue weighted by Crippen LogP contribution is -2.46. The molecule has 3 N–H and O–H groups in total. The van der Waals surface area contributed by atoms with E-state index in [1.165, 1.54) is 0 Å². The molecule has 0 aromatic rings. The number of carbonyl (C=O) groups is 1. The highest BCUT2D eigenvalue weighted by Crippen LogP contribution is 2.13. The van der Waals surface area contributed by atoms with Gasteiger partial charge in [0.05, 0.1) is 6.04 Å². The van der Waals surface area contributed by atoms with Gasteiger partial charge in [-0.15, -0.1) is 0 Å². The lowest BCUT2D eigenvalue weighted by molar-refractivity contribution is 0.207. The second kappa shape index (κ2) is 3.77. The quantitative estimate of drug-likeness (QED) is 0.705. The summed E-state index contributed by atoms with van der Waals surface area (Å²) in [7, 11) is 0. The van der Waals surface area contributed by atoms with Crippen LogP contribution in [0.2, 0.25) is 0 Å². The molecule has 82 valence electrons. The van der Waals surface area contributed by atoms with Crippen molar-refractivity contribution in [2.24, 2.45) is 11.7 Å². The predicted molar refractivity (Wildman–Crippen MR) is 57.0 cm³/mol. The molecule has 1 heterocycles. The van der Waals surface area contributed by atoms with E-state index in [1.807, 2.05) is 13.8 Å². The maximum atomic E-state index is 11.5. The highest BCUT2D eigenvalue weighted by Gasteiger charge is 2.32. The average molecular weight is 199 g/mol. The summed E-state index contributed by atoms with van der Waals surface area (Å²) in [6.07, 6.45) is 0. The summed E-state index contributed by atoms with van der Waals surface area (Å²) >= 11 is 0. The van der Waals surface area contributed by atoms with Crippen molar-refractivity contribution in [1.82, 2.24) is 10.2 Å². The molecule has 1 saturated heterocycles. The minimum Gasteiger partial charge on any atom is -0.333 e. The maximum absolute atomic E-state index is 11.5. The van der Waals surface area contributed by atoms with Crippen LogP contribution in [0, 0.1) is 5.92 Å². The molecule has 0 saturated carbocycles. The zero-order valence-electron chi connectivity index (χ0n) is 9.50. The molecule has 0 aliphatic carbocycles. The molecule has 1 atom stereocenters. The Morgan fingerprint density at radius 1 is 1.64 bits per heavy atom. The van der Waals surface area contributed by atoms with Gasteiger partial charge < -0.3 is 16.0 Å². The predicted octanol–water partition coefficient (Wildman–Crippen LogP) is 0.774. The summed E-state index contributed by atoms with van der Waals surface area (Å²) in [5, 5.41) is 2.96. The monoisotopic (exact) mass is 199 g/mol. The number of amides is 2. The van der Waals surface area contributed by atoms with Crippen LogP contribution in [0.1, 0.15) is 27.7 Å². The van der Waals surface area contributed by atoms with E-state index in [2.05, 4.69) is 19.2 Å². The van der Waals surface area contributed by atoms with Crippen LogP contribution in [-0.4, -0.2) is 35.6 Å². The zero-order chi connectivity index (χ0) is 10.9. The highest BCUT2D eigenvalue weighted by molar-refractivity contribution is 5.77. The van der Waals surface area contributed by atoms with Crippen LogP contribution in [0.25, 0.3) is 0 Å². The largest absolute Gasteiger partial charge is 0.333 e. The van der Waals surface area contributed by atoms with Gasteiger partial charge in [-0.25, -0.2) is 4.79 Å². The molecule has 14 heavy (non-hydrogen) atoms. The number of carbonyl (C=O) groups excluding carboxylic acids is 1. The van der Waals surface area contributed by atoms with E-state index in [9.17, 15) is 4.79 Å². The molecular formula is C10H21N3O. The lowest BCUT2D eigenvalue weighted by atomic mass is 10.0. The summed E-state index contributed by atoms with van der Waals surface area (Å²) in [4.78, 5) is 13.3. The first kappa shape index (κ1) is 11.3. The van der Waals surface area contributed by atoms with Gasteiger partial charge in [-0.1, -0.05) is 13.8 Å². The van der Waals surface area contributed by atoms with Crippen molar-refractivity contribution in [1.29, 1.82) is 0 Å². The van der Waals surface area contributed by atoms with E-state index in [1.54, 1.807) is 4.90 Å². The molecular weight excluding hydrogens is 178 g/mol. The fourth-order valence-electron chi connectivity index (χ4n) is 1.62. The molecule has 1 rings (SSSR count). The van der Waals surface area contributed by atoms with Gasteiger partial charge in [0, 0.05) is 18.6 Å². The van der Waals surface area contributed by atoms with E-state index in [0.29, 0.717) is 12.5 Å². The van der Waals surface area contributed by atoms with Gasteiger partial charge in [0.2, 0.25) is 0 Å². The molecule has 1 aliphatic heterocycles. The molecule has 0 bridgehead atoms. The van der Waals surface area contributed by atoms with Gasteiger partial charge in [-0.3, -0.25) is 0 Å². The minimum atomic E-state index is -0.316. The van der Waals surface area contributed by atoms with Gasteiger partial charge in [0.1, 0.15) is 0 Å². The molecule has 0 aromatic carbocycles. The first-order chi connectivity index (χ1) is 6.29. The van der Waals surface area contributed by atoms with Crippen LogP contribution in [-0.2, 0) is 0 Å². The second-order valence-electron chi connectivity index (χ2n) is 5.17. The molecule has 1 unspecified atom stereocenters. The normalized spacial score (nSPS) is 23.1. The number of urea groups is 1. The Morgan fingerprint density at radius 2 is 2.21 bits per heavy atom. The Balaban J connectivity index is 2.53. The van der Waals surface area contributed by atoms with Crippen LogP contribution >= 0.6 is 0 Å². The number of nitrogens with zero attached hydrogens (tertiary/aromatic N) is 1. The molecule has 0 spiro atoms. The maximum Gasteiger partial charge on any atom is 0.317 e. The molecule has 0 aromatic heterocycles. The molecule has 2 amide bonds.